The Balaban J connectivity index is 1.53. The van der Waals surface area contributed by atoms with E-state index in [2.05, 4.69) is 5.10 Å². The SMILES string of the molecule is CCCCN(C(=O)COC(=O)c1cc(-c2ccccc2)nn1-c1ccccc1)C1CCS(=O)(=O)C1. The number of hydrogen-bond acceptors (Lipinski definition) is 6. The summed E-state index contributed by atoms with van der Waals surface area (Å²) in [6, 6.07) is 20.0. The molecular weight excluding hydrogens is 466 g/mol. The zero-order valence-electron chi connectivity index (χ0n) is 19.7. The highest BCUT2D eigenvalue weighted by Gasteiger charge is 2.34. The Morgan fingerprint density at radius 3 is 2.40 bits per heavy atom. The first kappa shape index (κ1) is 24.7. The Bertz CT molecular complexity index is 1270. The minimum Gasteiger partial charge on any atom is -0.451 e. The van der Waals surface area contributed by atoms with Gasteiger partial charge in [0.1, 0.15) is 0 Å². The molecule has 1 saturated heterocycles. The average Bonchev–Trinajstić information content (AvgIpc) is 3.47. The van der Waals surface area contributed by atoms with E-state index in [-0.39, 0.29) is 29.1 Å². The predicted molar refractivity (Wildman–Crippen MR) is 133 cm³/mol. The summed E-state index contributed by atoms with van der Waals surface area (Å²) < 4.78 is 30.8. The monoisotopic (exact) mass is 495 g/mol. The first-order chi connectivity index (χ1) is 16.9. The van der Waals surface area contributed by atoms with Crippen molar-refractivity contribution in [3.05, 3.63) is 72.4 Å². The van der Waals surface area contributed by atoms with Crippen LogP contribution >= 0.6 is 0 Å². The van der Waals surface area contributed by atoms with Crippen LogP contribution in [0.3, 0.4) is 0 Å². The molecule has 1 aliphatic rings. The predicted octanol–water partition coefficient (Wildman–Crippen LogP) is 3.51. The van der Waals surface area contributed by atoms with Crippen molar-refractivity contribution in [3.8, 4) is 16.9 Å². The first-order valence-corrected chi connectivity index (χ1v) is 13.6. The van der Waals surface area contributed by atoms with E-state index >= 15 is 0 Å². The van der Waals surface area contributed by atoms with Crippen molar-refractivity contribution in [2.75, 3.05) is 24.7 Å². The Labute approximate surface area is 205 Å². The summed E-state index contributed by atoms with van der Waals surface area (Å²) in [6.45, 7) is 1.98. The second-order valence-corrected chi connectivity index (χ2v) is 10.8. The van der Waals surface area contributed by atoms with Crippen LogP contribution in [-0.4, -0.2) is 65.7 Å². The molecule has 1 atom stereocenters. The van der Waals surface area contributed by atoms with Crippen LogP contribution in [0.15, 0.2) is 66.7 Å². The molecule has 184 valence electrons. The summed E-state index contributed by atoms with van der Waals surface area (Å²) in [5.74, 6) is -1.03. The first-order valence-electron chi connectivity index (χ1n) is 11.8. The van der Waals surface area contributed by atoms with Gasteiger partial charge in [0.2, 0.25) is 0 Å². The summed E-state index contributed by atoms with van der Waals surface area (Å²) in [5.41, 5.74) is 2.34. The Hall–Kier alpha value is -3.46. The minimum atomic E-state index is -3.15. The third-order valence-electron chi connectivity index (χ3n) is 6.04. The summed E-state index contributed by atoms with van der Waals surface area (Å²) in [6.07, 6.45) is 2.02. The number of carbonyl (C=O) groups is 2. The van der Waals surface area contributed by atoms with Gasteiger partial charge in [0.25, 0.3) is 5.91 Å². The topological polar surface area (TPSA) is 98.6 Å². The number of nitrogens with zero attached hydrogens (tertiary/aromatic N) is 3. The summed E-state index contributed by atoms with van der Waals surface area (Å²) in [7, 11) is -3.15. The molecule has 0 radical (unpaired) electrons. The number of esters is 1. The second-order valence-electron chi connectivity index (χ2n) is 8.60. The van der Waals surface area contributed by atoms with Crippen molar-refractivity contribution >= 4 is 21.7 Å². The molecule has 2 heterocycles. The van der Waals surface area contributed by atoms with Gasteiger partial charge in [-0.3, -0.25) is 4.79 Å². The second kappa shape index (κ2) is 10.9. The maximum atomic E-state index is 13.1. The molecule has 35 heavy (non-hydrogen) atoms. The molecule has 0 N–H and O–H groups in total. The molecule has 1 fully saturated rings. The molecule has 2 aromatic carbocycles. The van der Waals surface area contributed by atoms with Crippen LogP contribution in [0.2, 0.25) is 0 Å². The summed E-state index contributed by atoms with van der Waals surface area (Å²) >= 11 is 0. The van der Waals surface area contributed by atoms with E-state index in [0.29, 0.717) is 24.3 Å². The number of para-hydroxylation sites is 1. The van der Waals surface area contributed by atoms with Crippen LogP contribution < -0.4 is 0 Å². The number of sulfone groups is 1. The zero-order valence-corrected chi connectivity index (χ0v) is 20.5. The third-order valence-corrected chi connectivity index (χ3v) is 7.79. The maximum absolute atomic E-state index is 13.1. The average molecular weight is 496 g/mol. The lowest BCUT2D eigenvalue weighted by atomic mass is 10.1. The van der Waals surface area contributed by atoms with Gasteiger partial charge in [-0.2, -0.15) is 5.10 Å². The van der Waals surface area contributed by atoms with E-state index in [1.165, 1.54) is 4.68 Å². The molecule has 8 nitrogen and oxygen atoms in total. The minimum absolute atomic E-state index is 0.0440. The van der Waals surface area contributed by atoms with Crippen LogP contribution in [0.4, 0.5) is 0 Å². The van der Waals surface area contributed by atoms with Crippen LogP contribution in [0, 0.1) is 0 Å². The molecule has 1 amide bonds. The van der Waals surface area contributed by atoms with E-state index < -0.39 is 22.4 Å². The number of amides is 1. The van der Waals surface area contributed by atoms with Gasteiger partial charge in [-0.1, -0.05) is 61.9 Å². The lowest BCUT2D eigenvalue weighted by Crippen LogP contribution is -2.44. The summed E-state index contributed by atoms with van der Waals surface area (Å²) in [4.78, 5) is 27.7. The van der Waals surface area contributed by atoms with Crippen LogP contribution in [-0.2, 0) is 19.4 Å². The molecule has 9 heteroatoms. The van der Waals surface area contributed by atoms with Crippen molar-refractivity contribution in [3.63, 3.8) is 0 Å². The molecule has 0 spiro atoms. The van der Waals surface area contributed by atoms with E-state index in [0.717, 1.165) is 18.4 Å². The van der Waals surface area contributed by atoms with Crippen molar-refractivity contribution < 1.29 is 22.7 Å². The number of carbonyl (C=O) groups excluding carboxylic acids is 2. The van der Waals surface area contributed by atoms with Crippen molar-refractivity contribution in [1.29, 1.82) is 0 Å². The van der Waals surface area contributed by atoms with Crippen molar-refractivity contribution in [1.82, 2.24) is 14.7 Å². The highest BCUT2D eigenvalue weighted by Crippen LogP contribution is 2.23. The fraction of sp³-hybridized carbons (Fsp3) is 0.346. The molecule has 4 rings (SSSR count). The lowest BCUT2D eigenvalue weighted by molar-refractivity contribution is -0.136. The normalized spacial score (nSPS) is 16.7. The van der Waals surface area contributed by atoms with Gasteiger partial charge in [-0.05, 0) is 31.0 Å². The smallest absolute Gasteiger partial charge is 0.357 e. The molecule has 0 bridgehead atoms. The van der Waals surface area contributed by atoms with Gasteiger partial charge in [0, 0.05) is 18.2 Å². The Morgan fingerprint density at radius 1 is 1.09 bits per heavy atom. The Kier molecular flexibility index (Phi) is 7.65. The number of ether oxygens (including phenoxy) is 1. The number of hydrogen-bond donors (Lipinski definition) is 0. The highest BCUT2D eigenvalue weighted by molar-refractivity contribution is 7.91. The highest BCUT2D eigenvalue weighted by atomic mass is 32.2. The van der Waals surface area contributed by atoms with E-state index in [4.69, 9.17) is 4.74 Å². The maximum Gasteiger partial charge on any atom is 0.357 e. The van der Waals surface area contributed by atoms with E-state index in [1.54, 1.807) is 11.0 Å². The van der Waals surface area contributed by atoms with Crippen LogP contribution in [0.1, 0.15) is 36.7 Å². The van der Waals surface area contributed by atoms with Gasteiger partial charge in [-0.25, -0.2) is 17.9 Å². The number of rotatable bonds is 9. The largest absolute Gasteiger partial charge is 0.451 e. The zero-order chi connectivity index (χ0) is 24.8. The van der Waals surface area contributed by atoms with Gasteiger partial charge in [0.15, 0.2) is 22.1 Å². The lowest BCUT2D eigenvalue weighted by Gasteiger charge is -2.28. The molecule has 3 aromatic rings. The molecule has 1 unspecified atom stereocenters. The molecule has 0 aliphatic carbocycles. The number of aromatic nitrogens is 2. The number of unbranched alkanes of at least 4 members (excludes halogenated alkanes) is 1. The standard InChI is InChI=1S/C26H29N3O5S/c1-2-3-15-28(22-14-16-35(32,33)19-22)25(30)18-34-26(31)24-17-23(20-10-6-4-7-11-20)27-29(24)21-12-8-5-9-13-21/h4-13,17,22H,2-3,14-16,18-19H2,1H3. The van der Waals surface area contributed by atoms with Crippen LogP contribution in [0.25, 0.3) is 16.9 Å². The van der Waals surface area contributed by atoms with Gasteiger partial charge in [0.05, 0.1) is 22.9 Å². The fourth-order valence-corrected chi connectivity index (χ4v) is 5.92. The van der Waals surface area contributed by atoms with Crippen molar-refractivity contribution in [2.24, 2.45) is 0 Å². The quantitative estimate of drug-likeness (QED) is 0.421. The van der Waals surface area contributed by atoms with E-state index in [9.17, 15) is 18.0 Å². The molecule has 0 saturated carbocycles. The molecule has 1 aliphatic heterocycles. The van der Waals surface area contributed by atoms with Gasteiger partial charge >= 0.3 is 5.97 Å². The van der Waals surface area contributed by atoms with E-state index in [1.807, 2.05) is 67.6 Å². The Morgan fingerprint density at radius 2 is 1.77 bits per heavy atom. The molecule has 1 aromatic heterocycles. The summed E-state index contributed by atoms with van der Waals surface area (Å²) in [5, 5.41) is 4.61. The number of benzene rings is 2. The van der Waals surface area contributed by atoms with Gasteiger partial charge in [-0.15, -0.1) is 0 Å². The fourth-order valence-electron chi connectivity index (χ4n) is 4.19. The van der Waals surface area contributed by atoms with Crippen molar-refractivity contribution in [2.45, 2.75) is 32.2 Å². The molecular formula is C26H29N3O5S. The van der Waals surface area contributed by atoms with Crippen LogP contribution in [0.5, 0.6) is 0 Å². The van der Waals surface area contributed by atoms with Gasteiger partial charge < -0.3 is 9.64 Å². The third kappa shape index (κ3) is 5.97.